The van der Waals surface area contributed by atoms with Gasteiger partial charge in [0.2, 0.25) is 0 Å². The lowest BCUT2D eigenvalue weighted by Crippen LogP contribution is -2.20. The Morgan fingerprint density at radius 2 is 2.32 bits per heavy atom. The Morgan fingerprint density at radius 1 is 1.47 bits per heavy atom. The third kappa shape index (κ3) is 2.82. The number of nitrogens with one attached hydrogen (secondary N) is 1. The standard InChI is InChI=1S/C12H12ClFN2S3/c13-8-3-10-11(4-9(8)14)16(12(17)15-10)5-7-6-18-1-2-19-7/h3-4,7H,1-2,5-6H2,(H,15,17). The summed E-state index contributed by atoms with van der Waals surface area (Å²) >= 11 is 15.1. The lowest BCUT2D eigenvalue weighted by Gasteiger charge is -2.21. The van der Waals surface area contributed by atoms with Crippen LogP contribution in [0.25, 0.3) is 11.0 Å². The first-order valence-electron chi connectivity index (χ1n) is 5.92. The molecule has 2 nitrogen and oxygen atoms in total. The lowest BCUT2D eigenvalue weighted by atomic mass is 10.3. The second-order valence-corrected chi connectivity index (χ2v) is 7.74. The van der Waals surface area contributed by atoms with Crippen LogP contribution in [0.15, 0.2) is 12.1 Å². The summed E-state index contributed by atoms with van der Waals surface area (Å²) in [5.74, 6) is 3.10. The summed E-state index contributed by atoms with van der Waals surface area (Å²) in [4.78, 5) is 3.10. The second-order valence-electron chi connectivity index (χ2n) is 4.39. The highest BCUT2D eigenvalue weighted by Gasteiger charge is 2.17. The fraction of sp³-hybridized carbons (Fsp3) is 0.417. The molecule has 0 aliphatic carbocycles. The summed E-state index contributed by atoms with van der Waals surface area (Å²) in [5, 5.41) is 0.654. The van der Waals surface area contributed by atoms with Crippen molar-refractivity contribution in [2.45, 2.75) is 11.8 Å². The molecular weight excluding hydrogens is 323 g/mol. The van der Waals surface area contributed by atoms with Gasteiger partial charge in [-0.1, -0.05) is 11.6 Å². The van der Waals surface area contributed by atoms with E-state index in [0.717, 1.165) is 23.3 Å². The van der Waals surface area contributed by atoms with Crippen molar-refractivity contribution in [1.29, 1.82) is 0 Å². The van der Waals surface area contributed by atoms with E-state index < -0.39 is 5.82 Å². The van der Waals surface area contributed by atoms with E-state index >= 15 is 0 Å². The van der Waals surface area contributed by atoms with Crippen LogP contribution in [0.1, 0.15) is 0 Å². The lowest BCUT2D eigenvalue weighted by molar-refractivity contribution is 0.627. The number of nitrogens with zero attached hydrogens (tertiary/aromatic N) is 1. The molecule has 1 aromatic carbocycles. The van der Waals surface area contributed by atoms with E-state index in [1.165, 1.54) is 17.6 Å². The van der Waals surface area contributed by atoms with Gasteiger partial charge in [-0.25, -0.2) is 4.39 Å². The third-order valence-electron chi connectivity index (χ3n) is 3.09. The third-order valence-corrected chi connectivity index (χ3v) is 6.53. The molecule has 7 heteroatoms. The first-order valence-corrected chi connectivity index (χ1v) is 8.91. The zero-order chi connectivity index (χ0) is 13.4. The van der Waals surface area contributed by atoms with Gasteiger partial charge in [0.25, 0.3) is 0 Å². The molecule has 1 aliphatic rings. The molecule has 0 spiro atoms. The van der Waals surface area contributed by atoms with Gasteiger partial charge in [-0.05, 0) is 18.3 Å². The molecule has 1 atom stereocenters. The van der Waals surface area contributed by atoms with Crippen molar-refractivity contribution in [2.24, 2.45) is 0 Å². The average Bonchev–Trinajstić information content (AvgIpc) is 2.68. The molecule has 0 saturated carbocycles. The van der Waals surface area contributed by atoms with Crippen molar-refractivity contribution in [2.75, 3.05) is 17.3 Å². The van der Waals surface area contributed by atoms with Crippen LogP contribution < -0.4 is 0 Å². The Labute approximate surface area is 129 Å². The Bertz CT molecular complexity index is 661. The van der Waals surface area contributed by atoms with Crippen molar-refractivity contribution < 1.29 is 4.39 Å². The number of hydrogen-bond acceptors (Lipinski definition) is 3. The van der Waals surface area contributed by atoms with E-state index in [0.29, 0.717) is 10.0 Å². The van der Waals surface area contributed by atoms with Crippen LogP contribution in [0.4, 0.5) is 4.39 Å². The van der Waals surface area contributed by atoms with Crippen LogP contribution in [0.3, 0.4) is 0 Å². The van der Waals surface area contributed by atoms with Crippen molar-refractivity contribution >= 4 is 58.4 Å². The monoisotopic (exact) mass is 334 g/mol. The van der Waals surface area contributed by atoms with Crippen molar-refractivity contribution in [3.05, 3.63) is 27.7 Å². The van der Waals surface area contributed by atoms with Gasteiger partial charge in [0, 0.05) is 35.1 Å². The molecule has 0 amide bonds. The fourth-order valence-electron chi connectivity index (χ4n) is 2.18. The molecule has 3 rings (SSSR count). The van der Waals surface area contributed by atoms with Crippen LogP contribution in [0.2, 0.25) is 5.02 Å². The summed E-state index contributed by atoms with van der Waals surface area (Å²) < 4.78 is 16.2. The topological polar surface area (TPSA) is 20.7 Å². The van der Waals surface area contributed by atoms with Gasteiger partial charge < -0.3 is 9.55 Å². The minimum Gasteiger partial charge on any atom is -0.331 e. The molecule has 1 aromatic heterocycles. The van der Waals surface area contributed by atoms with E-state index in [-0.39, 0.29) is 5.02 Å². The number of hydrogen-bond donors (Lipinski definition) is 1. The van der Waals surface area contributed by atoms with Gasteiger partial charge in [-0.15, -0.1) is 0 Å². The molecule has 1 N–H and O–H groups in total. The summed E-state index contributed by atoms with van der Waals surface area (Å²) in [5.41, 5.74) is 1.59. The number of aromatic amines is 1. The van der Waals surface area contributed by atoms with Crippen molar-refractivity contribution in [3.8, 4) is 0 Å². The number of thioether (sulfide) groups is 2. The zero-order valence-corrected chi connectivity index (χ0v) is 13.2. The number of aromatic nitrogens is 2. The molecule has 2 aromatic rings. The smallest absolute Gasteiger partial charge is 0.178 e. The fourth-order valence-corrected chi connectivity index (χ4v) is 5.28. The van der Waals surface area contributed by atoms with Gasteiger partial charge in [0.05, 0.1) is 16.1 Å². The average molecular weight is 335 g/mol. The Hall–Kier alpha value is -0.170. The molecule has 1 fully saturated rings. The molecule has 1 unspecified atom stereocenters. The molecule has 102 valence electrons. The number of fused-ring (bicyclic) bond motifs is 1. The quantitative estimate of drug-likeness (QED) is 0.825. The van der Waals surface area contributed by atoms with E-state index in [1.54, 1.807) is 6.07 Å². The molecular formula is C12H12ClFN2S3. The number of halogens is 2. The van der Waals surface area contributed by atoms with Crippen LogP contribution >= 0.6 is 47.3 Å². The van der Waals surface area contributed by atoms with Gasteiger partial charge in [-0.2, -0.15) is 23.5 Å². The molecule has 0 bridgehead atoms. The van der Waals surface area contributed by atoms with Crippen molar-refractivity contribution in [1.82, 2.24) is 9.55 Å². The largest absolute Gasteiger partial charge is 0.331 e. The van der Waals surface area contributed by atoms with Crippen LogP contribution in [0.5, 0.6) is 0 Å². The molecule has 0 radical (unpaired) electrons. The van der Waals surface area contributed by atoms with Crippen molar-refractivity contribution in [3.63, 3.8) is 0 Å². The number of rotatable bonds is 2. The Balaban J connectivity index is 2.00. The highest BCUT2D eigenvalue weighted by molar-refractivity contribution is 8.06. The zero-order valence-electron chi connectivity index (χ0n) is 9.99. The number of benzene rings is 1. The molecule has 2 heterocycles. The van der Waals surface area contributed by atoms with Gasteiger partial charge in [-0.3, -0.25) is 0 Å². The van der Waals surface area contributed by atoms with Gasteiger partial charge in [0.15, 0.2) is 4.77 Å². The minimum atomic E-state index is -0.400. The predicted octanol–water partition coefficient (Wildman–Crippen LogP) is 4.34. The number of H-pyrrole nitrogens is 1. The van der Waals surface area contributed by atoms with Crippen LogP contribution in [-0.2, 0) is 6.54 Å². The van der Waals surface area contributed by atoms with E-state index in [1.807, 2.05) is 28.1 Å². The summed E-state index contributed by atoms with van der Waals surface area (Å²) in [7, 11) is 0. The van der Waals surface area contributed by atoms with Gasteiger partial charge >= 0.3 is 0 Å². The van der Waals surface area contributed by atoms with E-state index in [9.17, 15) is 4.39 Å². The normalized spacial score (nSPS) is 20.0. The van der Waals surface area contributed by atoms with E-state index in [2.05, 4.69) is 4.98 Å². The van der Waals surface area contributed by atoms with Crippen LogP contribution in [-0.4, -0.2) is 32.1 Å². The number of imidazole rings is 1. The Morgan fingerprint density at radius 3 is 3.05 bits per heavy atom. The summed E-state index contributed by atoms with van der Waals surface area (Å²) in [6, 6.07) is 3.06. The first-order chi connectivity index (χ1) is 9.15. The maximum absolute atomic E-state index is 13.6. The predicted molar refractivity (Wildman–Crippen MR) is 85.7 cm³/mol. The summed E-state index contributed by atoms with van der Waals surface area (Å²) in [6.07, 6.45) is 0. The minimum absolute atomic E-state index is 0.124. The summed E-state index contributed by atoms with van der Waals surface area (Å²) in [6.45, 7) is 0.817. The first kappa shape index (κ1) is 13.8. The maximum Gasteiger partial charge on any atom is 0.178 e. The molecule has 1 saturated heterocycles. The van der Waals surface area contributed by atoms with Crippen LogP contribution in [0, 0.1) is 10.6 Å². The highest BCUT2D eigenvalue weighted by Crippen LogP contribution is 2.28. The molecule has 1 aliphatic heterocycles. The van der Waals surface area contributed by atoms with E-state index in [4.69, 9.17) is 23.8 Å². The van der Waals surface area contributed by atoms with Gasteiger partial charge in [0.1, 0.15) is 5.82 Å². The highest BCUT2D eigenvalue weighted by atomic mass is 35.5. The second kappa shape index (κ2) is 5.68. The Kier molecular flexibility index (Phi) is 4.12. The molecule has 19 heavy (non-hydrogen) atoms. The SMILES string of the molecule is Fc1cc2c(cc1Cl)[nH]c(=S)n2CC1CSCCS1. The maximum atomic E-state index is 13.6.